The van der Waals surface area contributed by atoms with Crippen LogP contribution in [0.15, 0.2) is 0 Å². The number of rotatable bonds is 6. The number of carbonyl (C=O) groups is 2. The van der Waals surface area contributed by atoms with Gasteiger partial charge >= 0.3 is 0 Å². The molecule has 2 amide bonds. The molecule has 0 N–H and O–H groups in total. The van der Waals surface area contributed by atoms with E-state index < -0.39 is 0 Å². The van der Waals surface area contributed by atoms with E-state index in [2.05, 4.69) is 0 Å². The molecule has 0 spiro atoms. The molecule has 1 aliphatic heterocycles. The molecule has 1 atom stereocenters. The average molecular weight is 242 g/mol. The van der Waals surface area contributed by atoms with Gasteiger partial charge in [0.1, 0.15) is 0 Å². The van der Waals surface area contributed by atoms with Crippen molar-refractivity contribution in [2.24, 2.45) is 5.92 Å². The molecule has 5 heteroatoms. The van der Waals surface area contributed by atoms with Crippen molar-refractivity contribution < 1.29 is 14.3 Å². The molecule has 0 saturated carbocycles. The summed E-state index contributed by atoms with van der Waals surface area (Å²) in [6.45, 7) is 6.98. The lowest BCUT2D eigenvalue weighted by molar-refractivity contribution is -0.135. The Balaban J connectivity index is 2.52. The first-order valence-corrected chi connectivity index (χ1v) is 6.19. The van der Waals surface area contributed by atoms with Crippen molar-refractivity contribution in [3.05, 3.63) is 0 Å². The molecule has 0 aromatic heterocycles. The van der Waals surface area contributed by atoms with Crippen LogP contribution in [0.2, 0.25) is 0 Å². The lowest BCUT2D eigenvalue weighted by Crippen LogP contribution is -2.37. The Bertz CT molecular complexity index is 277. The zero-order chi connectivity index (χ0) is 12.8. The Morgan fingerprint density at radius 3 is 2.65 bits per heavy atom. The van der Waals surface area contributed by atoms with E-state index >= 15 is 0 Å². The molecule has 1 aliphatic rings. The molecule has 0 bridgehead atoms. The van der Waals surface area contributed by atoms with Crippen molar-refractivity contribution in [1.29, 1.82) is 0 Å². The minimum atomic E-state index is -0.167. The van der Waals surface area contributed by atoms with Crippen molar-refractivity contribution in [1.82, 2.24) is 9.80 Å². The Hall–Kier alpha value is -1.10. The first-order valence-electron chi connectivity index (χ1n) is 6.19. The fourth-order valence-corrected chi connectivity index (χ4v) is 2.15. The van der Waals surface area contributed by atoms with E-state index in [1.807, 2.05) is 13.8 Å². The first-order chi connectivity index (χ1) is 8.13. The van der Waals surface area contributed by atoms with Crippen molar-refractivity contribution >= 4 is 11.8 Å². The number of amides is 2. The summed E-state index contributed by atoms with van der Waals surface area (Å²) >= 11 is 0. The van der Waals surface area contributed by atoms with Gasteiger partial charge in [-0.25, -0.2) is 0 Å². The quantitative estimate of drug-likeness (QED) is 0.675. The number of likely N-dealkylation sites (tertiary alicyclic amines) is 1. The van der Waals surface area contributed by atoms with E-state index in [0.29, 0.717) is 39.2 Å². The molecule has 0 unspecified atom stereocenters. The maximum atomic E-state index is 12.1. The molecule has 1 heterocycles. The molecule has 0 radical (unpaired) electrons. The van der Waals surface area contributed by atoms with Crippen molar-refractivity contribution in [3.8, 4) is 0 Å². The zero-order valence-corrected chi connectivity index (χ0v) is 10.9. The molecule has 0 aliphatic carbocycles. The fourth-order valence-electron chi connectivity index (χ4n) is 2.15. The van der Waals surface area contributed by atoms with Crippen molar-refractivity contribution in [3.63, 3.8) is 0 Å². The van der Waals surface area contributed by atoms with Gasteiger partial charge in [-0.05, 0) is 13.8 Å². The van der Waals surface area contributed by atoms with Gasteiger partial charge in [-0.2, -0.15) is 0 Å². The minimum absolute atomic E-state index is 0.0626. The Morgan fingerprint density at radius 2 is 2.12 bits per heavy atom. The molecular weight excluding hydrogens is 220 g/mol. The smallest absolute Gasteiger partial charge is 0.227 e. The largest absolute Gasteiger partial charge is 0.383 e. The van der Waals surface area contributed by atoms with Gasteiger partial charge in [-0.1, -0.05) is 0 Å². The molecule has 5 nitrogen and oxygen atoms in total. The van der Waals surface area contributed by atoms with Crippen LogP contribution in [0.25, 0.3) is 0 Å². The van der Waals surface area contributed by atoms with Crippen LogP contribution in [-0.2, 0) is 14.3 Å². The van der Waals surface area contributed by atoms with Gasteiger partial charge in [0, 0.05) is 39.7 Å². The fraction of sp³-hybridized carbons (Fsp3) is 0.833. The first kappa shape index (κ1) is 14.0. The maximum Gasteiger partial charge on any atom is 0.227 e. The number of hydrogen-bond acceptors (Lipinski definition) is 3. The third-order valence-corrected chi connectivity index (χ3v) is 3.20. The standard InChI is InChI=1S/C12H22N2O3/c1-4-13(5-2)12(16)10-8-11(15)14(9-10)6-7-17-3/h10H,4-9H2,1-3H3/t10-/m1/s1. The molecule has 1 saturated heterocycles. The summed E-state index contributed by atoms with van der Waals surface area (Å²) in [5.74, 6) is -0.00456. The second-order valence-electron chi connectivity index (χ2n) is 4.24. The van der Waals surface area contributed by atoms with Gasteiger partial charge in [0.2, 0.25) is 11.8 Å². The summed E-state index contributed by atoms with van der Waals surface area (Å²) in [7, 11) is 1.61. The molecule has 0 aromatic rings. The summed E-state index contributed by atoms with van der Waals surface area (Å²) in [4.78, 5) is 27.3. The summed E-state index contributed by atoms with van der Waals surface area (Å²) < 4.78 is 4.95. The summed E-state index contributed by atoms with van der Waals surface area (Å²) in [5, 5.41) is 0. The number of nitrogens with zero attached hydrogens (tertiary/aromatic N) is 2. The number of ether oxygens (including phenoxy) is 1. The summed E-state index contributed by atoms with van der Waals surface area (Å²) in [5.41, 5.74) is 0. The van der Waals surface area contributed by atoms with Crippen molar-refractivity contribution in [2.45, 2.75) is 20.3 Å². The van der Waals surface area contributed by atoms with E-state index in [4.69, 9.17) is 4.74 Å². The minimum Gasteiger partial charge on any atom is -0.383 e. The van der Waals surface area contributed by atoms with Gasteiger partial charge in [-0.15, -0.1) is 0 Å². The molecule has 1 rings (SSSR count). The molecule has 1 fully saturated rings. The van der Waals surface area contributed by atoms with Crippen LogP contribution in [0.1, 0.15) is 20.3 Å². The van der Waals surface area contributed by atoms with Crippen LogP contribution >= 0.6 is 0 Å². The van der Waals surface area contributed by atoms with Crippen molar-refractivity contribution in [2.75, 3.05) is 39.9 Å². The Morgan fingerprint density at radius 1 is 1.47 bits per heavy atom. The Kier molecular flexibility index (Phi) is 5.41. The van der Waals surface area contributed by atoms with Crippen LogP contribution in [0, 0.1) is 5.92 Å². The van der Waals surface area contributed by atoms with Gasteiger partial charge in [0.05, 0.1) is 12.5 Å². The third-order valence-electron chi connectivity index (χ3n) is 3.20. The molecule has 0 aromatic carbocycles. The van der Waals surface area contributed by atoms with Gasteiger partial charge in [0.25, 0.3) is 0 Å². The predicted octanol–water partition coefficient (Wildman–Crippen LogP) is 0.350. The summed E-state index contributed by atoms with van der Waals surface area (Å²) in [6.07, 6.45) is 0.346. The van der Waals surface area contributed by atoms with Crippen LogP contribution in [0.3, 0.4) is 0 Å². The van der Waals surface area contributed by atoms with Crippen LogP contribution < -0.4 is 0 Å². The average Bonchev–Trinajstić information content (AvgIpc) is 2.69. The van der Waals surface area contributed by atoms with Gasteiger partial charge in [-0.3, -0.25) is 9.59 Å². The normalized spacial score (nSPS) is 19.8. The van der Waals surface area contributed by atoms with Gasteiger partial charge in [0.15, 0.2) is 0 Å². The molecule has 98 valence electrons. The van der Waals surface area contributed by atoms with E-state index in [0.717, 1.165) is 0 Å². The number of methoxy groups -OCH3 is 1. The van der Waals surface area contributed by atoms with E-state index in [1.165, 1.54) is 0 Å². The molecular formula is C12H22N2O3. The lowest BCUT2D eigenvalue weighted by Gasteiger charge is -2.22. The number of carbonyl (C=O) groups excluding carboxylic acids is 2. The van der Waals surface area contributed by atoms with E-state index in [9.17, 15) is 9.59 Å². The van der Waals surface area contributed by atoms with Crippen LogP contribution in [0.4, 0.5) is 0 Å². The highest BCUT2D eigenvalue weighted by molar-refractivity contribution is 5.89. The number of hydrogen-bond donors (Lipinski definition) is 0. The summed E-state index contributed by atoms with van der Waals surface area (Å²) in [6, 6.07) is 0. The highest BCUT2D eigenvalue weighted by Crippen LogP contribution is 2.19. The topological polar surface area (TPSA) is 49.9 Å². The Labute approximate surface area is 103 Å². The molecule has 17 heavy (non-hydrogen) atoms. The van der Waals surface area contributed by atoms with Crippen LogP contribution in [-0.4, -0.2) is 61.5 Å². The van der Waals surface area contributed by atoms with Crippen LogP contribution in [0.5, 0.6) is 0 Å². The van der Waals surface area contributed by atoms with Gasteiger partial charge < -0.3 is 14.5 Å². The predicted molar refractivity (Wildman–Crippen MR) is 64.5 cm³/mol. The van der Waals surface area contributed by atoms with E-state index in [1.54, 1.807) is 16.9 Å². The third kappa shape index (κ3) is 3.43. The second kappa shape index (κ2) is 6.59. The van der Waals surface area contributed by atoms with E-state index in [-0.39, 0.29) is 17.7 Å². The SMILES string of the molecule is CCN(CC)C(=O)[C@@H]1CC(=O)N(CCOC)C1. The monoisotopic (exact) mass is 242 g/mol. The maximum absolute atomic E-state index is 12.1. The zero-order valence-electron chi connectivity index (χ0n) is 10.9. The second-order valence-corrected chi connectivity index (χ2v) is 4.24. The highest BCUT2D eigenvalue weighted by Gasteiger charge is 2.35. The highest BCUT2D eigenvalue weighted by atomic mass is 16.5. The lowest BCUT2D eigenvalue weighted by atomic mass is 10.1.